The number of hydrogen-bond donors (Lipinski definition) is 1. The van der Waals surface area contributed by atoms with Gasteiger partial charge in [-0.1, -0.05) is 13.3 Å². The lowest BCUT2D eigenvalue weighted by atomic mass is 10.0. The Balaban J connectivity index is 1.92. The summed E-state index contributed by atoms with van der Waals surface area (Å²) < 4.78 is 5.46. The Morgan fingerprint density at radius 3 is 3.06 bits per heavy atom. The van der Waals surface area contributed by atoms with Crippen LogP contribution in [0.1, 0.15) is 39.4 Å². The third-order valence-corrected chi connectivity index (χ3v) is 3.98. The highest BCUT2D eigenvalue weighted by Crippen LogP contribution is 2.17. The molecule has 0 bridgehead atoms. The Morgan fingerprint density at radius 1 is 1.56 bits per heavy atom. The van der Waals surface area contributed by atoms with Gasteiger partial charge in [0.1, 0.15) is 5.76 Å². The average Bonchev–Trinajstić information content (AvgIpc) is 2.84. The minimum absolute atomic E-state index is 0.549. The van der Waals surface area contributed by atoms with Crippen LogP contribution < -0.4 is 5.32 Å². The van der Waals surface area contributed by atoms with Gasteiger partial charge in [0.2, 0.25) is 0 Å². The maximum atomic E-state index is 5.46. The molecule has 18 heavy (non-hydrogen) atoms. The molecule has 0 aliphatic carbocycles. The van der Waals surface area contributed by atoms with E-state index in [1.807, 2.05) is 6.07 Å². The lowest BCUT2D eigenvalue weighted by molar-refractivity contribution is 0.0933. The third kappa shape index (κ3) is 3.36. The first-order valence-corrected chi connectivity index (χ1v) is 7.22. The lowest BCUT2D eigenvalue weighted by Crippen LogP contribution is -2.58. The Bertz CT molecular complexity index is 336. The number of piperazine rings is 1. The van der Waals surface area contributed by atoms with Crippen molar-refractivity contribution in [1.82, 2.24) is 10.2 Å². The molecule has 3 unspecified atom stereocenters. The minimum Gasteiger partial charge on any atom is -0.469 e. The van der Waals surface area contributed by atoms with Gasteiger partial charge in [0.15, 0.2) is 0 Å². The van der Waals surface area contributed by atoms with Crippen molar-refractivity contribution >= 4 is 0 Å². The van der Waals surface area contributed by atoms with Gasteiger partial charge >= 0.3 is 0 Å². The van der Waals surface area contributed by atoms with Crippen molar-refractivity contribution in [3.63, 3.8) is 0 Å². The van der Waals surface area contributed by atoms with Crippen LogP contribution >= 0.6 is 0 Å². The van der Waals surface area contributed by atoms with E-state index in [4.69, 9.17) is 4.42 Å². The molecule has 0 aromatic carbocycles. The predicted octanol–water partition coefficient (Wildman–Crippen LogP) is 2.67. The zero-order chi connectivity index (χ0) is 13.0. The Morgan fingerprint density at radius 2 is 2.39 bits per heavy atom. The van der Waals surface area contributed by atoms with Crippen molar-refractivity contribution in [3.8, 4) is 0 Å². The molecule has 3 heteroatoms. The summed E-state index contributed by atoms with van der Waals surface area (Å²) in [4.78, 5) is 2.62. The lowest BCUT2D eigenvalue weighted by Gasteiger charge is -2.42. The van der Waals surface area contributed by atoms with Crippen molar-refractivity contribution in [2.45, 2.75) is 58.2 Å². The molecular weight excluding hydrogens is 224 g/mol. The summed E-state index contributed by atoms with van der Waals surface area (Å²) in [6.45, 7) is 9.15. The molecular formula is C15H26N2O. The molecule has 1 fully saturated rings. The van der Waals surface area contributed by atoms with Crippen LogP contribution in [0.5, 0.6) is 0 Å². The predicted molar refractivity (Wildman–Crippen MR) is 74.7 cm³/mol. The van der Waals surface area contributed by atoms with Gasteiger partial charge < -0.3 is 9.73 Å². The largest absolute Gasteiger partial charge is 0.469 e. The molecule has 1 saturated heterocycles. The summed E-state index contributed by atoms with van der Waals surface area (Å²) in [5.41, 5.74) is 0. The molecule has 1 aromatic rings. The molecule has 1 aromatic heterocycles. The molecule has 3 nitrogen and oxygen atoms in total. The standard InChI is InChI=1S/C15H26N2O/c1-4-6-14-11-17(13(3)10-16-14)12(2)9-15-7-5-8-18-15/h5,7-8,12-14,16H,4,6,9-11H2,1-3H3. The van der Waals surface area contributed by atoms with Gasteiger partial charge in [0.05, 0.1) is 6.26 Å². The van der Waals surface area contributed by atoms with Gasteiger partial charge in [-0.3, -0.25) is 4.90 Å². The van der Waals surface area contributed by atoms with Crippen molar-refractivity contribution < 1.29 is 4.42 Å². The molecule has 1 aliphatic rings. The molecule has 0 amide bonds. The van der Waals surface area contributed by atoms with E-state index in [0.717, 1.165) is 25.3 Å². The van der Waals surface area contributed by atoms with E-state index in [1.54, 1.807) is 6.26 Å². The third-order valence-electron chi connectivity index (χ3n) is 3.98. The first kappa shape index (κ1) is 13.6. The van der Waals surface area contributed by atoms with E-state index in [0.29, 0.717) is 18.1 Å². The van der Waals surface area contributed by atoms with Crippen molar-refractivity contribution in [2.75, 3.05) is 13.1 Å². The monoisotopic (exact) mass is 250 g/mol. The fourth-order valence-corrected chi connectivity index (χ4v) is 2.95. The smallest absolute Gasteiger partial charge is 0.105 e. The number of nitrogens with one attached hydrogen (secondary N) is 1. The van der Waals surface area contributed by atoms with Crippen LogP contribution in [0.3, 0.4) is 0 Å². The summed E-state index contributed by atoms with van der Waals surface area (Å²) in [5.74, 6) is 1.10. The van der Waals surface area contributed by atoms with Crippen LogP contribution in [0, 0.1) is 0 Å². The van der Waals surface area contributed by atoms with Crippen LogP contribution in [0.4, 0.5) is 0 Å². The summed E-state index contributed by atoms with van der Waals surface area (Å²) in [6.07, 6.45) is 5.31. The van der Waals surface area contributed by atoms with Crippen molar-refractivity contribution in [2.24, 2.45) is 0 Å². The van der Waals surface area contributed by atoms with Gasteiger partial charge in [-0.2, -0.15) is 0 Å². The average molecular weight is 250 g/mol. The quantitative estimate of drug-likeness (QED) is 0.871. The van der Waals surface area contributed by atoms with Gasteiger partial charge in [-0.25, -0.2) is 0 Å². The normalized spacial score (nSPS) is 27.3. The van der Waals surface area contributed by atoms with E-state index >= 15 is 0 Å². The molecule has 102 valence electrons. The second-order valence-electron chi connectivity index (χ2n) is 5.57. The zero-order valence-corrected chi connectivity index (χ0v) is 11.9. The van der Waals surface area contributed by atoms with E-state index in [-0.39, 0.29) is 0 Å². The number of rotatable bonds is 5. The molecule has 2 rings (SSSR count). The van der Waals surface area contributed by atoms with Crippen LogP contribution in [-0.4, -0.2) is 36.1 Å². The zero-order valence-electron chi connectivity index (χ0n) is 11.9. The van der Waals surface area contributed by atoms with E-state index < -0.39 is 0 Å². The second-order valence-corrected chi connectivity index (χ2v) is 5.57. The van der Waals surface area contributed by atoms with E-state index in [2.05, 4.69) is 37.1 Å². The SMILES string of the molecule is CCCC1CN(C(C)Cc2ccco2)C(C)CN1. The minimum atomic E-state index is 0.549. The summed E-state index contributed by atoms with van der Waals surface area (Å²) in [5, 5.41) is 3.65. The molecule has 0 radical (unpaired) electrons. The number of nitrogens with zero attached hydrogens (tertiary/aromatic N) is 1. The van der Waals surface area contributed by atoms with Crippen molar-refractivity contribution in [3.05, 3.63) is 24.2 Å². The van der Waals surface area contributed by atoms with Crippen LogP contribution in [0.2, 0.25) is 0 Å². The number of hydrogen-bond acceptors (Lipinski definition) is 3. The van der Waals surface area contributed by atoms with Gasteiger partial charge in [-0.15, -0.1) is 0 Å². The Kier molecular flexibility index (Phi) is 4.84. The maximum Gasteiger partial charge on any atom is 0.105 e. The molecule has 3 atom stereocenters. The molecule has 0 saturated carbocycles. The molecule has 0 spiro atoms. The van der Waals surface area contributed by atoms with Crippen molar-refractivity contribution in [1.29, 1.82) is 0 Å². The highest BCUT2D eigenvalue weighted by molar-refractivity contribution is 5.01. The first-order valence-electron chi connectivity index (χ1n) is 7.22. The van der Waals surface area contributed by atoms with Gasteiger partial charge in [0.25, 0.3) is 0 Å². The molecule has 2 heterocycles. The van der Waals surface area contributed by atoms with E-state index in [1.165, 1.54) is 12.8 Å². The summed E-state index contributed by atoms with van der Waals surface area (Å²) >= 11 is 0. The van der Waals surface area contributed by atoms with E-state index in [9.17, 15) is 0 Å². The maximum absolute atomic E-state index is 5.46. The highest BCUT2D eigenvalue weighted by Gasteiger charge is 2.28. The fourth-order valence-electron chi connectivity index (χ4n) is 2.95. The second kappa shape index (κ2) is 6.39. The number of furan rings is 1. The van der Waals surface area contributed by atoms with Crippen LogP contribution in [-0.2, 0) is 6.42 Å². The topological polar surface area (TPSA) is 28.4 Å². The van der Waals surface area contributed by atoms with Crippen LogP contribution in [0.15, 0.2) is 22.8 Å². The Hall–Kier alpha value is -0.800. The van der Waals surface area contributed by atoms with Crippen LogP contribution in [0.25, 0.3) is 0 Å². The molecule has 1 N–H and O–H groups in total. The summed E-state index contributed by atoms with van der Waals surface area (Å²) in [6, 6.07) is 5.87. The Labute approximate surface area is 111 Å². The summed E-state index contributed by atoms with van der Waals surface area (Å²) in [7, 11) is 0. The first-order chi connectivity index (χ1) is 8.70. The fraction of sp³-hybridized carbons (Fsp3) is 0.733. The van der Waals surface area contributed by atoms with Gasteiger partial charge in [-0.05, 0) is 32.4 Å². The highest BCUT2D eigenvalue weighted by atomic mass is 16.3. The van der Waals surface area contributed by atoms with Gasteiger partial charge in [0, 0.05) is 37.6 Å². The molecule has 1 aliphatic heterocycles.